The molecule has 2 amide bonds. The molecule has 3 heterocycles. The molecule has 2 aromatic rings. The van der Waals surface area contributed by atoms with Crippen molar-refractivity contribution in [2.75, 3.05) is 26.7 Å². The Bertz CT molecular complexity index is 1160. The van der Waals surface area contributed by atoms with Crippen LogP contribution in [0.3, 0.4) is 0 Å². The normalized spacial score (nSPS) is 16.7. The van der Waals surface area contributed by atoms with E-state index >= 15 is 0 Å². The molecular weight excluding hydrogens is 489 g/mol. The smallest absolute Gasteiger partial charge is 0.350 e. The zero-order chi connectivity index (χ0) is 26.8. The van der Waals surface area contributed by atoms with Crippen molar-refractivity contribution >= 4 is 18.2 Å². The van der Waals surface area contributed by atoms with Gasteiger partial charge < -0.3 is 20.3 Å². The Morgan fingerprint density at radius 3 is 2.31 bits per heavy atom. The summed E-state index contributed by atoms with van der Waals surface area (Å²) in [5.41, 5.74) is 4.79. The topological polar surface area (TPSA) is 102 Å². The zero-order valence-corrected chi connectivity index (χ0v) is 19.7. The number of carbonyl (C=O) groups excluding carboxylic acids is 3. The molecule has 0 radical (unpaired) electrons. The fraction of sp³-hybridized carbons (Fsp3) is 0.478. The number of piperidine rings is 1. The molecular formula is C23H26F5N5O3. The van der Waals surface area contributed by atoms with Crippen LogP contribution in [0, 0.1) is 11.6 Å². The number of halogens is 5. The molecule has 0 spiro atoms. The van der Waals surface area contributed by atoms with E-state index in [4.69, 9.17) is 10.5 Å². The van der Waals surface area contributed by atoms with Gasteiger partial charge in [-0.2, -0.15) is 23.0 Å². The maximum Gasteiger partial charge on any atom is 0.419 e. The Morgan fingerprint density at radius 1 is 1.14 bits per heavy atom. The van der Waals surface area contributed by atoms with E-state index in [0.29, 0.717) is 36.8 Å². The van der Waals surface area contributed by atoms with E-state index in [1.807, 2.05) is 11.9 Å². The van der Waals surface area contributed by atoms with Crippen LogP contribution in [0.5, 0.6) is 0 Å². The van der Waals surface area contributed by atoms with E-state index in [-0.39, 0.29) is 37.2 Å². The third-order valence-electron chi connectivity index (χ3n) is 6.30. The summed E-state index contributed by atoms with van der Waals surface area (Å²) in [5.74, 6) is -4.59. The van der Waals surface area contributed by atoms with E-state index in [0.717, 1.165) is 17.0 Å². The lowest BCUT2D eigenvalue weighted by molar-refractivity contribution is -0.141. The first-order valence-electron chi connectivity index (χ1n) is 11.2. The number of fused-ring (bicyclic) bond motifs is 1. The molecule has 2 aliphatic heterocycles. The van der Waals surface area contributed by atoms with E-state index in [9.17, 15) is 31.5 Å². The molecule has 1 aromatic heterocycles. The molecule has 13 heteroatoms. The van der Waals surface area contributed by atoms with Crippen molar-refractivity contribution in [3.63, 3.8) is 0 Å². The first-order valence-corrected chi connectivity index (χ1v) is 11.2. The van der Waals surface area contributed by atoms with Crippen molar-refractivity contribution in [1.29, 1.82) is 0 Å². The highest BCUT2D eigenvalue weighted by atomic mass is 19.4. The number of hydrogen-bond donors (Lipinski definition) is 1. The van der Waals surface area contributed by atoms with Crippen molar-refractivity contribution in [1.82, 2.24) is 19.6 Å². The van der Waals surface area contributed by atoms with Gasteiger partial charge in [0, 0.05) is 31.7 Å². The lowest BCUT2D eigenvalue weighted by Crippen LogP contribution is -2.39. The highest BCUT2D eigenvalue weighted by molar-refractivity contribution is 5.95. The number of rotatable bonds is 2. The van der Waals surface area contributed by atoms with Crippen LogP contribution in [-0.4, -0.2) is 64.5 Å². The van der Waals surface area contributed by atoms with Crippen LogP contribution in [0.4, 0.5) is 26.7 Å². The van der Waals surface area contributed by atoms with E-state index in [1.54, 1.807) is 0 Å². The summed E-state index contributed by atoms with van der Waals surface area (Å²) in [7, 11) is 1.86. The van der Waals surface area contributed by atoms with Crippen molar-refractivity contribution in [2.24, 2.45) is 5.73 Å². The number of carbonyl (C=O) groups is 3. The second kappa shape index (κ2) is 10.7. The van der Waals surface area contributed by atoms with Crippen molar-refractivity contribution in [3.05, 3.63) is 51.8 Å². The Kier molecular flexibility index (Phi) is 8.12. The van der Waals surface area contributed by atoms with Gasteiger partial charge in [0.1, 0.15) is 6.29 Å². The number of aldehydes is 1. The minimum absolute atomic E-state index is 0.109. The molecule has 1 saturated heterocycles. The zero-order valence-electron chi connectivity index (χ0n) is 19.7. The SMILES string of the molecule is CC=O.CN1CCc2c(C(=O)N3CCC(c4ccc(F)c(F)c4C(F)(F)F)CC3)nn(C(N)=O)c2C1. The number of primary amides is 1. The molecule has 196 valence electrons. The average molecular weight is 515 g/mol. The molecule has 4 rings (SSSR count). The highest BCUT2D eigenvalue weighted by Gasteiger charge is 2.41. The Hall–Kier alpha value is -3.35. The first kappa shape index (κ1) is 27.2. The summed E-state index contributed by atoms with van der Waals surface area (Å²) in [6, 6.07) is 0.847. The summed E-state index contributed by atoms with van der Waals surface area (Å²) < 4.78 is 68.7. The van der Waals surface area contributed by atoms with Gasteiger partial charge in [0.2, 0.25) is 0 Å². The number of likely N-dealkylation sites (N-methyl/N-ethyl adjacent to an activating group) is 1. The molecule has 0 atom stereocenters. The summed E-state index contributed by atoms with van der Waals surface area (Å²) >= 11 is 0. The van der Waals surface area contributed by atoms with Gasteiger partial charge in [-0.1, -0.05) is 6.07 Å². The fourth-order valence-electron chi connectivity index (χ4n) is 4.64. The van der Waals surface area contributed by atoms with E-state index in [2.05, 4.69) is 5.10 Å². The maximum atomic E-state index is 14.0. The molecule has 1 aromatic carbocycles. The number of hydrogen-bond acceptors (Lipinski definition) is 5. The molecule has 2 N–H and O–H groups in total. The maximum absolute atomic E-state index is 14.0. The molecule has 2 aliphatic rings. The van der Waals surface area contributed by atoms with Crippen LogP contribution in [0.2, 0.25) is 0 Å². The quantitative estimate of drug-likeness (QED) is 0.489. The number of alkyl halides is 3. The van der Waals surface area contributed by atoms with Gasteiger partial charge in [0.25, 0.3) is 5.91 Å². The van der Waals surface area contributed by atoms with Crippen LogP contribution in [0.25, 0.3) is 0 Å². The Balaban J connectivity index is 0.00000115. The van der Waals surface area contributed by atoms with Crippen molar-refractivity contribution in [3.8, 4) is 0 Å². The molecule has 0 unspecified atom stereocenters. The second-order valence-corrected chi connectivity index (χ2v) is 8.64. The van der Waals surface area contributed by atoms with Crippen molar-refractivity contribution < 1.29 is 36.3 Å². The van der Waals surface area contributed by atoms with Gasteiger partial charge in [0.05, 0.1) is 11.3 Å². The number of nitrogens with zero attached hydrogens (tertiary/aromatic N) is 4. The van der Waals surface area contributed by atoms with Crippen LogP contribution < -0.4 is 5.73 Å². The minimum atomic E-state index is -5.04. The predicted molar refractivity (Wildman–Crippen MR) is 118 cm³/mol. The van der Waals surface area contributed by atoms with Gasteiger partial charge in [-0.05, 0) is 50.8 Å². The molecule has 0 aliphatic carbocycles. The van der Waals surface area contributed by atoms with Gasteiger partial charge in [0.15, 0.2) is 17.3 Å². The molecule has 0 bridgehead atoms. The van der Waals surface area contributed by atoms with Crippen molar-refractivity contribution in [2.45, 2.75) is 44.8 Å². The van der Waals surface area contributed by atoms with Crippen LogP contribution in [0.15, 0.2) is 12.1 Å². The predicted octanol–water partition coefficient (Wildman–Crippen LogP) is 3.32. The number of aromatic nitrogens is 2. The first-order chi connectivity index (χ1) is 16.9. The number of nitrogens with two attached hydrogens (primary N) is 1. The van der Waals surface area contributed by atoms with Crippen LogP contribution in [0.1, 0.15) is 58.6 Å². The third-order valence-corrected chi connectivity index (χ3v) is 6.30. The van der Waals surface area contributed by atoms with Crippen LogP contribution >= 0.6 is 0 Å². The highest BCUT2D eigenvalue weighted by Crippen LogP contribution is 2.41. The molecule has 36 heavy (non-hydrogen) atoms. The average Bonchev–Trinajstić information content (AvgIpc) is 3.19. The lowest BCUT2D eigenvalue weighted by Gasteiger charge is -2.33. The van der Waals surface area contributed by atoms with Gasteiger partial charge >= 0.3 is 12.2 Å². The van der Waals surface area contributed by atoms with E-state index < -0.39 is 41.2 Å². The van der Waals surface area contributed by atoms with Gasteiger partial charge in [-0.3, -0.25) is 4.79 Å². The largest absolute Gasteiger partial charge is 0.419 e. The summed E-state index contributed by atoms with van der Waals surface area (Å²) in [5, 5.41) is 4.13. The molecule has 0 saturated carbocycles. The van der Waals surface area contributed by atoms with E-state index in [1.165, 1.54) is 11.8 Å². The lowest BCUT2D eigenvalue weighted by atomic mass is 9.85. The van der Waals surface area contributed by atoms with Gasteiger partial charge in [-0.25, -0.2) is 13.6 Å². The second-order valence-electron chi connectivity index (χ2n) is 8.64. The summed E-state index contributed by atoms with van der Waals surface area (Å²) in [4.78, 5) is 37.2. The number of amides is 2. The Morgan fingerprint density at radius 2 is 1.75 bits per heavy atom. The summed E-state index contributed by atoms with van der Waals surface area (Å²) in [6.45, 7) is 2.73. The monoisotopic (exact) mass is 515 g/mol. The number of benzene rings is 1. The minimum Gasteiger partial charge on any atom is -0.350 e. The molecule has 1 fully saturated rings. The molecule has 8 nitrogen and oxygen atoms in total. The standard InChI is InChI=1S/C21H22F5N5O2.C2H4O/c1-29-7-6-13-15(10-29)31(20(27)33)28-18(13)19(32)30-8-4-11(5-9-30)12-2-3-14(22)17(23)16(12)21(24,25)26;1-2-3/h2-3,11H,4-10H2,1H3,(H2,27,33);2H,1H3. The fourth-order valence-corrected chi connectivity index (χ4v) is 4.64. The third kappa shape index (κ3) is 5.40. The Labute approximate surface area is 203 Å². The number of likely N-dealkylation sites (tertiary alicyclic amines) is 1. The summed E-state index contributed by atoms with van der Waals surface area (Å²) in [6.07, 6.45) is -3.51. The van der Waals surface area contributed by atoms with Gasteiger partial charge in [-0.15, -0.1) is 0 Å². The van der Waals surface area contributed by atoms with Crippen LogP contribution in [-0.2, 0) is 23.9 Å².